The number of fused-ring (bicyclic) bond motifs is 6. The van der Waals surface area contributed by atoms with Crippen molar-refractivity contribution in [1.82, 2.24) is 25.2 Å². The van der Waals surface area contributed by atoms with Gasteiger partial charge in [0.1, 0.15) is 40.9 Å². The highest BCUT2D eigenvalue weighted by atomic mass is 19.4. The molecule has 4 saturated heterocycles. The molecular formula is C31H34F5N7O3. The van der Waals surface area contributed by atoms with Gasteiger partial charge in [0.25, 0.3) is 0 Å². The number of piperazine rings is 1. The lowest BCUT2D eigenvalue weighted by Gasteiger charge is -2.42. The lowest BCUT2D eigenvalue weighted by atomic mass is 9.96. The maximum Gasteiger partial charge on any atom is 0.417 e. The number of nitrogens with one attached hydrogen (secondary N) is 1. The zero-order valence-corrected chi connectivity index (χ0v) is 25.3. The van der Waals surface area contributed by atoms with Crippen LogP contribution < -0.4 is 25.4 Å². The van der Waals surface area contributed by atoms with E-state index in [2.05, 4.69) is 25.1 Å². The van der Waals surface area contributed by atoms with Crippen LogP contribution in [0.4, 0.5) is 33.5 Å². The van der Waals surface area contributed by atoms with Gasteiger partial charge in [0, 0.05) is 42.8 Å². The number of halogens is 5. The number of hydrogen-bond donors (Lipinski definition) is 2. The van der Waals surface area contributed by atoms with Gasteiger partial charge < -0.3 is 30.2 Å². The zero-order chi connectivity index (χ0) is 32.1. The zero-order valence-electron chi connectivity index (χ0n) is 25.3. The second-order valence-corrected chi connectivity index (χ2v) is 13.0. The van der Waals surface area contributed by atoms with E-state index in [4.69, 9.17) is 24.9 Å². The lowest BCUT2D eigenvalue weighted by Crippen LogP contribution is -2.62. The van der Waals surface area contributed by atoms with Gasteiger partial charge >= 0.3 is 12.2 Å². The Morgan fingerprint density at radius 1 is 1.11 bits per heavy atom. The van der Waals surface area contributed by atoms with Gasteiger partial charge in [-0.3, -0.25) is 4.90 Å². The molecule has 3 N–H and O–H groups in total. The molecular weight excluding hydrogens is 613 g/mol. The third kappa shape index (κ3) is 4.64. The molecule has 0 amide bonds. The summed E-state index contributed by atoms with van der Waals surface area (Å²) in [5.41, 5.74) is 1.40. The van der Waals surface area contributed by atoms with Crippen LogP contribution in [0.5, 0.6) is 11.9 Å². The first kappa shape index (κ1) is 29.8. The van der Waals surface area contributed by atoms with Crippen molar-refractivity contribution in [3.8, 4) is 23.1 Å². The van der Waals surface area contributed by atoms with Crippen molar-refractivity contribution in [2.45, 2.75) is 82.0 Å². The highest BCUT2D eigenvalue weighted by molar-refractivity contribution is 5.97. The van der Waals surface area contributed by atoms with Crippen LogP contribution in [-0.2, 0) is 10.9 Å². The van der Waals surface area contributed by atoms with Gasteiger partial charge in [-0.05, 0) is 51.2 Å². The number of alkyl halides is 3. The summed E-state index contributed by atoms with van der Waals surface area (Å²) in [7, 11) is 0. The number of anilines is 2. The summed E-state index contributed by atoms with van der Waals surface area (Å²) >= 11 is 0. The summed E-state index contributed by atoms with van der Waals surface area (Å²) in [5, 5.41) is 3.77. The van der Waals surface area contributed by atoms with Gasteiger partial charge in [-0.25, -0.2) is 13.8 Å². The Kier molecular flexibility index (Phi) is 6.96. The van der Waals surface area contributed by atoms with Crippen LogP contribution in [0.1, 0.15) is 43.7 Å². The first-order valence-electron chi connectivity index (χ1n) is 15.7. The van der Waals surface area contributed by atoms with Crippen LogP contribution in [0.25, 0.3) is 22.2 Å². The standard InChI is InChI=1S/C31H34F5N7O3/c1-13-22(31(34,35)36)18(9-19(37)23(13)32)25-24(33)26-21-28(41-30(40-26)45-12-17-5-4-16-11-44-8-7-42(16)17)43-10-15-3-6-20(38-15)27(43)14(2)46-29(21)39-25/h9,14-17,20,27,38H,3-8,10-12,37H2,1-2H3/t14-,15+,16-,17-,20-,27+/m0/s1. The van der Waals surface area contributed by atoms with Gasteiger partial charge in [-0.15, -0.1) is 0 Å². The minimum Gasteiger partial charge on any atom is -0.472 e. The molecule has 4 fully saturated rings. The van der Waals surface area contributed by atoms with E-state index in [1.54, 1.807) is 0 Å². The van der Waals surface area contributed by atoms with Crippen LogP contribution in [0.15, 0.2) is 6.07 Å². The van der Waals surface area contributed by atoms with Crippen molar-refractivity contribution in [1.29, 1.82) is 0 Å². The highest BCUT2D eigenvalue weighted by Gasteiger charge is 2.48. The second kappa shape index (κ2) is 10.7. The fourth-order valence-corrected chi connectivity index (χ4v) is 8.20. The maximum absolute atomic E-state index is 16.8. The Morgan fingerprint density at radius 2 is 1.93 bits per heavy atom. The van der Waals surface area contributed by atoms with Crippen LogP contribution in [0.3, 0.4) is 0 Å². The lowest BCUT2D eigenvalue weighted by molar-refractivity contribution is -0.137. The number of hydrogen-bond acceptors (Lipinski definition) is 10. The third-order valence-corrected chi connectivity index (χ3v) is 10.3. The van der Waals surface area contributed by atoms with Gasteiger partial charge in [0.15, 0.2) is 5.82 Å². The molecule has 0 saturated carbocycles. The van der Waals surface area contributed by atoms with Gasteiger partial charge in [-0.1, -0.05) is 0 Å². The number of aromatic nitrogens is 3. The van der Waals surface area contributed by atoms with E-state index in [1.165, 1.54) is 0 Å². The van der Waals surface area contributed by atoms with Crippen molar-refractivity contribution in [2.24, 2.45) is 0 Å². The molecule has 6 atom stereocenters. The molecule has 10 nitrogen and oxygen atoms in total. The number of benzene rings is 1. The maximum atomic E-state index is 16.8. The number of nitrogens with zero attached hydrogens (tertiary/aromatic N) is 5. The Morgan fingerprint density at radius 3 is 2.74 bits per heavy atom. The molecule has 15 heteroatoms. The number of morpholine rings is 1. The van der Waals surface area contributed by atoms with Crippen LogP contribution in [0.2, 0.25) is 0 Å². The van der Waals surface area contributed by atoms with Crippen LogP contribution >= 0.6 is 0 Å². The molecule has 7 heterocycles. The average molecular weight is 648 g/mol. The van der Waals surface area contributed by atoms with E-state index in [-0.39, 0.29) is 53.6 Å². The van der Waals surface area contributed by atoms with Crippen molar-refractivity contribution in [3.05, 3.63) is 28.8 Å². The fraction of sp³-hybridized carbons (Fsp3) is 0.581. The van der Waals surface area contributed by atoms with E-state index in [0.717, 1.165) is 45.2 Å². The molecule has 5 aliphatic heterocycles. The number of nitrogens with two attached hydrogens (primary N) is 1. The second-order valence-electron chi connectivity index (χ2n) is 13.0. The predicted octanol–water partition coefficient (Wildman–Crippen LogP) is 4.21. The molecule has 246 valence electrons. The van der Waals surface area contributed by atoms with Crippen molar-refractivity contribution in [3.63, 3.8) is 0 Å². The Labute approximate surface area is 261 Å². The Hall–Kier alpha value is -3.56. The summed E-state index contributed by atoms with van der Waals surface area (Å²) in [4.78, 5) is 18.0. The molecule has 0 aliphatic carbocycles. The Balaban J connectivity index is 1.30. The minimum absolute atomic E-state index is 0.0508. The summed E-state index contributed by atoms with van der Waals surface area (Å²) in [6.45, 7) is 5.69. The SMILES string of the molecule is Cc1c(F)c(N)cc(-c2nc3c4c(nc(OC[C@@H]5CC[C@H]6COCCN65)nc4c2F)N2C[C@H]4CC[C@H](N4)[C@H]2[C@H](C)O3)c1C(F)(F)F. The number of ether oxygens (including phenoxy) is 3. The van der Waals surface area contributed by atoms with Crippen molar-refractivity contribution in [2.75, 3.05) is 43.5 Å². The molecule has 2 bridgehead atoms. The summed E-state index contributed by atoms with van der Waals surface area (Å²) in [6.07, 6.45) is -1.83. The van der Waals surface area contributed by atoms with Crippen molar-refractivity contribution < 1.29 is 36.2 Å². The first-order chi connectivity index (χ1) is 22.0. The molecule has 2 aromatic heterocycles. The molecule has 0 unspecified atom stereocenters. The smallest absolute Gasteiger partial charge is 0.417 e. The summed E-state index contributed by atoms with van der Waals surface area (Å²) in [5.74, 6) is -2.10. The molecule has 3 aromatic rings. The quantitative estimate of drug-likeness (QED) is 0.316. The number of nitrogen functional groups attached to an aromatic ring is 1. The van der Waals surface area contributed by atoms with E-state index in [1.807, 2.05) is 6.92 Å². The normalized spacial score (nSPS) is 29.0. The first-order valence-corrected chi connectivity index (χ1v) is 15.7. The molecule has 0 radical (unpaired) electrons. The minimum atomic E-state index is -5.03. The van der Waals surface area contributed by atoms with Gasteiger partial charge in [0.2, 0.25) is 5.88 Å². The van der Waals surface area contributed by atoms with E-state index in [0.29, 0.717) is 31.6 Å². The largest absolute Gasteiger partial charge is 0.472 e. The number of pyridine rings is 1. The van der Waals surface area contributed by atoms with Crippen LogP contribution in [-0.4, -0.2) is 89.1 Å². The van der Waals surface area contributed by atoms with E-state index < -0.39 is 52.0 Å². The van der Waals surface area contributed by atoms with Gasteiger partial charge in [0.05, 0.1) is 30.5 Å². The average Bonchev–Trinajstić information content (AvgIpc) is 3.58. The highest BCUT2D eigenvalue weighted by Crippen LogP contribution is 2.47. The molecule has 1 aromatic carbocycles. The Bertz CT molecular complexity index is 1720. The third-order valence-electron chi connectivity index (χ3n) is 10.3. The summed E-state index contributed by atoms with van der Waals surface area (Å²) < 4.78 is 92.7. The fourth-order valence-electron chi connectivity index (χ4n) is 8.20. The summed E-state index contributed by atoms with van der Waals surface area (Å²) in [6, 6.07) is 1.08. The monoisotopic (exact) mass is 647 g/mol. The molecule has 46 heavy (non-hydrogen) atoms. The van der Waals surface area contributed by atoms with Gasteiger partial charge in [-0.2, -0.15) is 23.1 Å². The molecule has 5 aliphatic rings. The van der Waals surface area contributed by atoms with E-state index >= 15 is 4.39 Å². The topological polar surface area (TPSA) is 111 Å². The predicted molar refractivity (Wildman–Crippen MR) is 158 cm³/mol. The number of rotatable bonds is 4. The molecule has 0 spiro atoms. The van der Waals surface area contributed by atoms with Crippen LogP contribution in [0, 0.1) is 18.6 Å². The van der Waals surface area contributed by atoms with Crippen molar-refractivity contribution >= 4 is 22.4 Å². The van der Waals surface area contributed by atoms with E-state index in [9.17, 15) is 17.6 Å². The molecule has 8 rings (SSSR count).